The van der Waals surface area contributed by atoms with Crippen molar-refractivity contribution in [1.82, 2.24) is 10.0 Å². The van der Waals surface area contributed by atoms with Crippen LogP contribution in [0.2, 0.25) is 0 Å². The van der Waals surface area contributed by atoms with Crippen LogP contribution in [0.3, 0.4) is 0 Å². The minimum Gasteiger partial charge on any atom is -0.381 e. The summed E-state index contributed by atoms with van der Waals surface area (Å²) in [5.74, 6) is 0.503. The van der Waals surface area contributed by atoms with E-state index in [4.69, 9.17) is 4.74 Å². The van der Waals surface area contributed by atoms with Crippen LogP contribution in [0.5, 0.6) is 0 Å². The maximum absolute atomic E-state index is 12.0. The molecule has 0 unspecified atom stereocenters. The number of hydrogen-bond donors (Lipinski definition) is 2. The van der Waals surface area contributed by atoms with E-state index in [0.29, 0.717) is 42.9 Å². The van der Waals surface area contributed by atoms with E-state index >= 15 is 0 Å². The van der Waals surface area contributed by atoms with E-state index in [-0.39, 0.29) is 0 Å². The molecule has 1 heterocycles. The fraction of sp³-hybridized carbons (Fsp3) is 0.692. The van der Waals surface area contributed by atoms with Gasteiger partial charge in [0.1, 0.15) is 4.21 Å². The Bertz CT molecular complexity index is 484. The molecule has 1 aromatic rings. The number of thiophene rings is 1. The summed E-state index contributed by atoms with van der Waals surface area (Å²) in [4.78, 5) is 1.01. The van der Waals surface area contributed by atoms with E-state index in [2.05, 4.69) is 23.9 Å². The van der Waals surface area contributed by atoms with Gasteiger partial charge in [-0.2, -0.15) is 0 Å². The van der Waals surface area contributed by atoms with E-state index in [1.807, 2.05) is 13.1 Å². The standard InChI is InChI=1S/C13H24N2O3S2/c1-11(2)10-18-8-4-7-15-20(16,17)13-6-5-12(19-13)9-14-3/h5-6,11,14-15H,4,7-10H2,1-3H3. The van der Waals surface area contributed by atoms with Crippen molar-refractivity contribution < 1.29 is 13.2 Å². The van der Waals surface area contributed by atoms with Crippen LogP contribution in [-0.2, 0) is 21.3 Å². The van der Waals surface area contributed by atoms with Crippen LogP contribution in [0.4, 0.5) is 0 Å². The van der Waals surface area contributed by atoms with Crippen LogP contribution >= 0.6 is 11.3 Å². The van der Waals surface area contributed by atoms with Gasteiger partial charge in [-0.05, 0) is 31.5 Å². The van der Waals surface area contributed by atoms with Gasteiger partial charge in [-0.3, -0.25) is 0 Å². The number of ether oxygens (including phenoxy) is 1. The van der Waals surface area contributed by atoms with Gasteiger partial charge in [-0.15, -0.1) is 11.3 Å². The molecule has 1 aromatic heterocycles. The second-order valence-corrected chi connectivity index (χ2v) is 8.13. The number of sulfonamides is 1. The zero-order chi connectivity index (χ0) is 15.0. The zero-order valence-corrected chi connectivity index (χ0v) is 13.9. The predicted molar refractivity (Wildman–Crippen MR) is 82.5 cm³/mol. The van der Waals surface area contributed by atoms with E-state index in [9.17, 15) is 8.42 Å². The lowest BCUT2D eigenvalue weighted by Gasteiger charge is -2.07. The number of nitrogens with one attached hydrogen (secondary N) is 2. The monoisotopic (exact) mass is 320 g/mol. The van der Waals surface area contributed by atoms with Gasteiger partial charge in [0.15, 0.2) is 0 Å². The van der Waals surface area contributed by atoms with E-state index in [0.717, 1.165) is 4.88 Å². The van der Waals surface area contributed by atoms with Crippen molar-refractivity contribution in [2.45, 2.75) is 31.0 Å². The maximum Gasteiger partial charge on any atom is 0.250 e. The van der Waals surface area contributed by atoms with Gasteiger partial charge < -0.3 is 10.1 Å². The van der Waals surface area contributed by atoms with Gasteiger partial charge in [0.25, 0.3) is 0 Å². The third-order valence-electron chi connectivity index (χ3n) is 2.46. The highest BCUT2D eigenvalue weighted by atomic mass is 32.2. The lowest BCUT2D eigenvalue weighted by molar-refractivity contribution is 0.108. The van der Waals surface area contributed by atoms with Gasteiger partial charge in [0.2, 0.25) is 10.0 Å². The summed E-state index contributed by atoms with van der Waals surface area (Å²) in [6.45, 7) is 6.55. The summed E-state index contributed by atoms with van der Waals surface area (Å²) in [5.41, 5.74) is 0. The molecule has 0 saturated carbocycles. The number of hydrogen-bond acceptors (Lipinski definition) is 5. The average molecular weight is 320 g/mol. The largest absolute Gasteiger partial charge is 0.381 e. The minimum atomic E-state index is -3.38. The first-order valence-electron chi connectivity index (χ1n) is 6.76. The first-order chi connectivity index (χ1) is 9.45. The van der Waals surface area contributed by atoms with Gasteiger partial charge in [0, 0.05) is 31.2 Å². The summed E-state index contributed by atoms with van der Waals surface area (Å²) in [6.07, 6.45) is 0.681. The van der Waals surface area contributed by atoms with Crippen LogP contribution in [0.15, 0.2) is 16.3 Å². The molecule has 0 aliphatic heterocycles. The fourth-order valence-electron chi connectivity index (χ4n) is 1.54. The Balaban J connectivity index is 2.33. The molecule has 0 aliphatic carbocycles. The van der Waals surface area contributed by atoms with Crippen LogP contribution in [0.1, 0.15) is 25.1 Å². The Morgan fingerprint density at radius 3 is 2.75 bits per heavy atom. The van der Waals surface area contributed by atoms with Crippen LogP contribution < -0.4 is 10.0 Å². The molecule has 0 amide bonds. The molecule has 5 nitrogen and oxygen atoms in total. The highest BCUT2D eigenvalue weighted by Crippen LogP contribution is 2.21. The Morgan fingerprint density at radius 1 is 1.35 bits per heavy atom. The third-order valence-corrected chi connectivity index (χ3v) is 5.50. The molecular weight excluding hydrogens is 296 g/mol. The maximum atomic E-state index is 12.0. The topological polar surface area (TPSA) is 67.4 Å². The first-order valence-corrected chi connectivity index (χ1v) is 9.06. The van der Waals surface area contributed by atoms with Crippen molar-refractivity contribution in [3.05, 3.63) is 17.0 Å². The van der Waals surface area contributed by atoms with Crippen molar-refractivity contribution in [3.8, 4) is 0 Å². The molecule has 0 aliphatic rings. The SMILES string of the molecule is CNCc1ccc(S(=O)(=O)NCCCOCC(C)C)s1. The fourth-order valence-corrected chi connectivity index (χ4v) is 4.03. The van der Waals surface area contributed by atoms with Crippen molar-refractivity contribution in [2.24, 2.45) is 5.92 Å². The van der Waals surface area contributed by atoms with Crippen LogP contribution in [-0.4, -0.2) is 35.2 Å². The molecule has 0 atom stereocenters. The summed E-state index contributed by atoms with van der Waals surface area (Å²) in [7, 11) is -1.54. The quantitative estimate of drug-likeness (QED) is 0.645. The molecule has 20 heavy (non-hydrogen) atoms. The molecule has 1 rings (SSSR count). The zero-order valence-electron chi connectivity index (χ0n) is 12.3. The Labute approximate surface area is 125 Å². The molecule has 7 heteroatoms. The average Bonchev–Trinajstić information content (AvgIpc) is 2.83. The molecule has 0 bridgehead atoms. The summed E-state index contributed by atoms with van der Waals surface area (Å²) >= 11 is 1.29. The van der Waals surface area contributed by atoms with Crippen molar-refractivity contribution >= 4 is 21.4 Å². The summed E-state index contributed by atoms with van der Waals surface area (Å²) in [5, 5.41) is 3.00. The van der Waals surface area contributed by atoms with Gasteiger partial charge in [-0.25, -0.2) is 13.1 Å². The van der Waals surface area contributed by atoms with E-state index in [1.165, 1.54) is 11.3 Å². The highest BCUT2D eigenvalue weighted by Gasteiger charge is 2.15. The Kier molecular flexibility index (Phi) is 7.68. The first kappa shape index (κ1) is 17.6. The molecule has 0 radical (unpaired) electrons. The van der Waals surface area contributed by atoms with Gasteiger partial charge in [0.05, 0.1) is 0 Å². The summed E-state index contributed by atoms with van der Waals surface area (Å²) in [6, 6.07) is 3.48. The second kappa shape index (κ2) is 8.74. The minimum absolute atomic E-state index is 0.367. The molecular formula is C13H24N2O3S2. The Hall–Kier alpha value is -0.470. The van der Waals surface area contributed by atoms with E-state index < -0.39 is 10.0 Å². The van der Waals surface area contributed by atoms with Crippen LogP contribution in [0.25, 0.3) is 0 Å². The van der Waals surface area contributed by atoms with Crippen molar-refractivity contribution in [2.75, 3.05) is 26.8 Å². The van der Waals surface area contributed by atoms with Crippen LogP contribution in [0, 0.1) is 5.92 Å². The van der Waals surface area contributed by atoms with Crippen molar-refractivity contribution in [3.63, 3.8) is 0 Å². The molecule has 0 aromatic carbocycles. The molecule has 0 spiro atoms. The van der Waals surface area contributed by atoms with Crippen molar-refractivity contribution in [1.29, 1.82) is 0 Å². The smallest absolute Gasteiger partial charge is 0.250 e. The number of rotatable bonds is 10. The summed E-state index contributed by atoms with van der Waals surface area (Å²) < 4.78 is 32.4. The van der Waals surface area contributed by atoms with E-state index in [1.54, 1.807) is 6.07 Å². The highest BCUT2D eigenvalue weighted by molar-refractivity contribution is 7.91. The lowest BCUT2D eigenvalue weighted by Crippen LogP contribution is -2.25. The second-order valence-electron chi connectivity index (χ2n) is 4.97. The van der Waals surface area contributed by atoms with Gasteiger partial charge in [-0.1, -0.05) is 13.8 Å². The lowest BCUT2D eigenvalue weighted by atomic mass is 10.2. The molecule has 2 N–H and O–H groups in total. The molecule has 0 fully saturated rings. The molecule has 0 saturated heterocycles. The predicted octanol–water partition coefficient (Wildman–Crippen LogP) is 1.81. The normalized spacial score (nSPS) is 12.2. The van der Waals surface area contributed by atoms with Gasteiger partial charge >= 0.3 is 0 Å². The third kappa shape index (κ3) is 6.32. The molecule has 116 valence electrons. The Morgan fingerprint density at radius 2 is 2.10 bits per heavy atom.